The number of rotatable bonds is 10. The summed E-state index contributed by atoms with van der Waals surface area (Å²) < 4.78 is 1.64. The van der Waals surface area contributed by atoms with Gasteiger partial charge in [0.2, 0.25) is 0 Å². The van der Waals surface area contributed by atoms with Crippen molar-refractivity contribution in [1.82, 2.24) is 0 Å². The van der Waals surface area contributed by atoms with Gasteiger partial charge in [-0.1, -0.05) is 0 Å². The second kappa shape index (κ2) is 11.2. The molecule has 0 saturated carbocycles. The summed E-state index contributed by atoms with van der Waals surface area (Å²) in [6.07, 6.45) is 8.69. The van der Waals surface area contributed by atoms with Gasteiger partial charge in [-0.25, -0.2) is 0 Å². The van der Waals surface area contributed by atoms with Crippen molar-refractivity contribution < 1.29 is 0 Å². The molecule has 0 aliphatic rings. The monoisotopic (exact) mass is 318 g/mol. The molecule has 0 nitrogen and oxygen atoms in total. The van der Waals surface area contributed by atoms with Crippen molar-refractivity contribution in [3.8, 4) is 0 Å². The quantitative estimate of drug-likeness (QED) is 0.295. The van der Waals surface area contributed by atoms with Gasteiger partial charge in [-0.05, 0) is 0 Å². The van der Waals surface area contributed by atoms with Crippen LogP contribution < -0.4 is 0 Å². The maximum atomic E-state index is 3.87. The number of thioether (sulfide) groups is 1. The Morgan fingerprint density at radius 1 is 1.24 bits per heavy atom. The Morgan fingerprint density at radius 2 is 1.82 bits per heavy atom. The minimum absolute atomic E-state index is 0.611. The van der Waals surface area contributed by atoms with Gasteiger partial charge in [0.1, 0.15) is 0 Å². The SMILES string of the molecule is C=CCC(CC=C)=C(SCCCC)[Se]C(C)C. The summed E-state index contributed by atoms with van der Waals surface area (Å²) in [6.45, 7) is 14.6. The molecule has 98 valence electrons. The Morgan fingerprint density at radius 3 is 2.24 bits per heavy atom. The van der Waals surface area contributed by atoms with Crippen LogP contribution in [-0.4, -0.2) is 20.7 Å². The van der Waals surface area contributed by atoms with E-state index in [1.807, 2.05) is 12.2 Å². The molecule has 0 spiro atoms. The van der Waals surface area contributed by atoms with Gasteiger partial charge < -0.3 is 0 Å². The van der Waals surface area contributed by atoms with Crippen molar-refractivity contribution in [2.24, 2.45) is 0 Å². The van der Waals surface area contributed by atoms with Crippen molar-refractivity contribution in [3.05, 3.63) is 34.7 Å². The first kappa shape index (κ1) is 17.1. The first-order valence-corrected chi connectivity index (χ1v) is 9.22. The van der Waals surface area contributed by atoms with Gasteiger partial charge in [-0.2, -0.15) is 0 Å². The topological polar surface area (TPSA) is 0 Å². The van der Waals surface area contributed by atoms with E-state index in [1.165, 1.54) is 18.6 Å². The van der Waals surface area contributed by atoms with E-state index in [1.54, 1.807) is 9.38 Å². The Bertz CT molecular complexity index is 242. The fourth-order valence-corrected chi connectivity index (χ4v) is 5.95. The third-order valence-corrected chi connectivity index (χ3v) is 6.47. The molecule has 0 atom stereocenters. The van der Waals surface area contributed by atoms with Gasteiger partial charge in [0.15, 0.2) is 0 Å². The van der Waals surface area contributed by atoms with Gasteiger partial charge in [-0.3, -0.25) is 0 Å². The molecule has 0 rings (SSSR count). The first-order chi connectivity index (χ1) is 8.15. The van der Waals surface area contributed by atoms with Crippen LogP contribution in [0.25, 0.3) is 0 Å². The molecule has 0 heterocycles. The van der Waals surface area contributed by atoms with Crippen LogP contribution in [0.15, 0.2) is 34.7 Å². The van der Waals surface area contributed by atoms with Gasteiger partial charge in [0.25, 0.3) is 0 Å². The van der Waals surface area contributed by atoms with Gasteiger partial charge in [0.05, 0.1) is 0 Å². The molecule has 0 N–H and O–H groups in total. The Balaban J connectivity index is 4.70. The zero-order chi connectivity index (χ0) is 13.1. The summed E-state index contributed by atoms with van der Waals surface area (Å²) in [6, 6.07) is 0. The van der Waals surface area contributed by atoms with Crippen LogP contribution in [0.4, 0.5) is 0 Å². The molecule has 0 aromatic rings. The molecule has 0 aromatic carbocycles. The molecular weight excluding hydrogens is 291 g/mol. The van der Waals surface area contributed by atoms with Crippen molar-refractivity contribution >= 4 is 26.7 Å². The van der Waals surface area contributed by atoms with E-state index in [0.29, 0.717) is 15.0 Å². The molecule has 17 heavy (non-hydrogen) atoms. The molecule has 0 bridgehead atoms. The Kier molecular flexibility index (Phi) is 11.3. The summed E-state index contributed by atoms with van der Waals surface area (Å²) in [5.74, 6) is 1.26. The van der Waals surface area contributed by atoms with Gasteiger partial charge >= 0.3 is 118 Å². The number of hydrogen-bond acceptors (Lipinski definition) is 1. The molecule has 0 fully saturated rings. The summed E-state index contributed by atoms with van der Waals surface area (Å²) >= 11 is 2.69. The average Bonchev–Trinajstić information content (AvgIpc) is 2.27. The van der Waals surface area contributed by atoms with Crippen LogP contribution in [0, 0.1) is 0 Å². The van der Waals surface area contributed by atoms with E-state index in [2.05, 4.69) is 45.7 Å². The van der Waals surface area contributed by atoms with Crippen LogP contribution in [0.5, 0.6) is 0 Å². The van der Waals surface area contributed by atoms with E-state index in [-0.39, 0.29) is 0 Å². The van der Waals surface area contributed by atoms with Gasteiger partial charge in [0, 0.05) is 0 Å². The van der Waals surface area contributed by atoms with Crippen molar-refractivity contribution in [2.75, 3.05) is 5.75 Å². The molecule has 0 unspecified atom stereocenters. The average molecular weight is 317 g/mol. The molecule has 0 aliphatic carbocycles. The summed E-state index contributed by atoms with van der Waals surface area (Å²) in [7, 11) is 0. The van der Waals surface area contributed by atoms with Crippen LogP contribution in [0.3, 0.4) is 0 Å². The normalized spacial score (nSPS) is 10.4. The second-order valence-corrected chi connectivity index (χ2v) is 9.26. The Labute approximate surface area is 118 Å². The van der Waals surface area contributed by atoms with Crippen LogP contribution in [0.2, 0.25) is 4.82 Å². The molecule has 2 heteroatoms. The van der Waals surface area contributed by atoms with E-state index >= 15 is 0 Å². The van der Waals surface area contributed by atoms with E-state index in [9.17, 15) is 0 Å². The number of hydrogen-bond donors (Lipinski definition) is 0. The van der Waals surface area contributed by atoms with Crippen molar-refractivity contribution in [1.29, 1.82) is 0 Å². The maximum absolute atomic E-state index is 3.87. The zero-order valence-electron chi connectivity index (χ0n) is 11.5. The van der Waals surface area contributed by atoms with E-state index in [4.69, 9.17) is 0 Å². The van der Waals surface area contributed by atoms with E-state index in [0.717, 1.165) is 17.7 Å². The van der Waals surface area contributed by atoms with Gasteiger partial charge in [-0.15, -0.1) is 0 Å². The molecule has 0 radical (unpaired) electrons. The first-order valence-electron chi connectivity index (χ1n) is 6.38. The molecule has 0 aromatic heterocycles. The fraction of sp³-hybridized carbons (Fsp3) is 0.600. The van der Waals surface area contributed by atoms with Crippen LogP contribution >= 0.6 is 11.8 Å². The molecule has 0 aliphatic heterocycles. The van der Waals surface area contributed by atoms with Crippen LogP contribution in [-0.2, 0) is 0 Å². The predicted molar refractivity (Wildman–Crippen MR) is 84.9 cm³/mol. The third-order valence-electron chi connectivity index (χ3n) is 2.14. The fourth-order valence-electron chi connectivity index (χ4n) is 1.34. The summed E-state index contributed by atoms with van der Waals surface area (Å²) in [5, 5.41) is 0. The minimum atomic E-state index is 0.611. The van der Waals surface area contributed by atoms with Crippen molar-refractivity contribution in [3.63, 3.8) is 0 Å². The summed E-state index contributed by atoms with van der Waals surface area (Å²) in [4.78, 5) is 0.788. The summed E-state index contributed by atoms with van der Waals surface area (Å²) in [5.41, 5.74) is 1.55. The Hall–Kier alpha value is 0.0895. The predicted octanol–water partition coefficient (Wildman–Crippen LogP) is 5.42. The third kappa shape index (κ3) is 8.76. The molecule has 0 saturated heterocycles. The molecule has 0 amide bonds. The number of allylic oxidation sites excluding steroid dienone is 3. The number of unbranched alkanes of at least 4 members (excludes halogenated alkanes) is 1. The van der Waals surface area contributed by atoms with Crippen LogP contribution in [0.1, 0.15) is 46.5 Å². The second-order valence-electron chi connectivity index (χ2n) is 4.25. The molecular formula is C15H26SSe. The van der Waals surface area contributed by atoms with E-state index < -0.39 is 0 Å². The van der Waals surface area contributed by atoms with Crippen molar-refractivity contribution in [2.45, 2.75) is 51.3 Å². The standard InChI is InChI=1S/C15H26SSe/c1-6-9-12-16-15(17-13(4)5)14(10-7-2)11-8-3/h7-8,13H,2-3,6,9-12H2,1,4-5H3. The zero-order valence-corrected chi connectivity index (χ0v) is 14.0.